The summed E-state index contributed by atoms with van der Waals surface area (Å²) in [6, 6.07) is 2.11. The molecule has 0 bridgehead atoms. The van der Waals surface area contributed by atoms with Crippen LogP contribution in [0.15, 0.2) is 16.8 Å². The second-order valence-corrected chi connectivity index (χ2v) is 5.67. The molecule has 1 aromatic rings. The number of thiocarbonyl (C=S) groups is 1. The lowest BCUT2D eigenvalue weighted by molar-refractivity contribution is -0.121. The molecule has 2 atom stereocenters. The molecule has 3 nitrogen and oxygen atoms in total. The standard InChI is InChI=1S/C12H16N2OS2/c13-12(16)9-2-1-3-10(9)14-11(15)6-8-4-5-17-7-8/h4-5,7,9-10H,1-3,6H2,(H2,13,16)(H,14,15). The zero-order valence-electron chi connectivity index (χ0n) is 9.52. The van der Waals surface area contributed by atoms with Crippen LogP contribution in [-0.4, -0.2) is 16.9 Å². The van der Waals surface area contributed by atoms with Gasteiger partial charge in [0.2, 0.25) is 5.91 Å². The van der Waals surface area contributed by atoms with Crippen molar-refractivity contribution in [2.45, 2.75) is 31.7 Å². The van der Waals surface area contributed by atoms with Crippen molar-refractivity contribution in [2.75, 3.05) is 0 Å². The van der Waals surface area contributed by atoms with E-state index in [1.807, 2.05) is 16.8 Å². The highest BCUT2D eigenvalue weighted by atomic mass is 32.1. The maximum absolute atomic E-state index is 11.8. The first-order valence-electron chi connectivity index (χ1n) is 5.76. The number of carbonyl (C=O) groups is 1. The second kappa shape index (κ2) is 5.60. The van der Waals surface area contributed by atoms with Gasteiger partial charge in [0.15, 0.2) is 0 Å². The smallest absolute Gasteiger partial charge is 0.224 e. The summed E-state index contributed by atoms with van der Waals surface area (Å²) in [7, 11) is 0. The molecule has 1 saturated carbocycles. The van der Waals surface area contributed by atoms with Gasteiger partial charge in [-0.25, -0.2) is 0 Å². The molecule has 17 heavy (non-hydrogen) atoms. The molecule has 1 fully saturated rings. The lowest BCUT2D eigenvalue weighted by Crippen LogP contribution is -2.42. The van der Waals surface area contributed by atoms with Crippen LogP contribution >= 0.6 is 23.6 Å². The highest BCUT2D eigenvalue weighted by Gasteiger charge is 2.30. The van der Waals surface area contributed by atoms with Crippen LogP contribution in [0.1, 0.15) is 24.8 Å². The Hall–Kier alpha value is -0.940. The summed E-state index contributed by atoms with van der Waals surface area (Å²) in [5.41, 5.74) is 6.75. The molecule has 3 N–H and O–H groups in total. The van der Waals surface area contributed by atoms with E-state index in [1.165, 1.54) is 0 Å². The van der Waals surface area contributed by atoms with Gasteiger partial charge < -0.3 is 11.1 Å². The minimum Gasteiger partial charge on any atom is -0.393 e. The van der Waals surface area contributed by atoms with Crippen LogP contribution < -0.4 is 11.1 Å². The maximum Gasteiger partial charge on any atom is 0.224 e. The van der Waals surface area contributed by atoms with E-state index in [0.29, 0.717) is 11.4 Å². The van der Waals surface area contributed by atoms with E-state index in [1.54, 1.807) is 11.3 Å². The van der Waals surface area contributed by atoms with E-state index >= 15 is 0 Å². The highest BCUT2D eigenvalue weighted by Crippen LogP contribution is 2.26. The molecule has 1 aliphatic carbocycles. The van der Waals surface area contributed by atoms with Gasteiger partial charge in [-0.3, -0.25) is 4.79 Å². The molecule has 0 aliphatic heterocycles. The summed E-state index contributed by atoms with van der Waals surface area (Å²) in [4.78, 5) is 12.4. The number of rotatable bonds is 4. The number of amides is 1. The molecule has 1 amide bonds. The summed E-state index contributed by atoms with van der Waals surface area (Å²) in [5.74, 6) is 0.243. The number of hydrogen-bond donors (Lipinski definition) is 2. The molecule has 1 aromatic heterocycles. The quantitative estimate of drug-likeness (QED) is 0.820. The first-order chi connectivity index (χ1) is 8.16. The van der Waals surface area contributed by atoms with Crippen molar-refractivity contribution in [1.82, 2.24) is 5.32 Å². The number of hydrogen-bond acceptors (Lipinski definition) is 3. The molecule has 5 heteroatoms. The van der Waals surface area contributed by atoms with E-state index in [9.17, 15) is 4.79 Å². The fourth-order valence-electron chi connectivity index (χ4n) is 2.31. The van der Waals surface area contributed by atoms with Crippen LogP contribution in [0.3, 0.4) is 0 Å². The fourth-order valence-corrected chi connectivity index (χ4v) is 3.26. The Morgan fingerprint density at radius 1 is 1.59 bits per heavy atom. The van der Waals surface area contributed by atoms with Crippen molar-refractivity contribution in [1.29, 1.82) is 0 Å². The number of carbonyl (C=O) groups excluding carboxylic acids is 1. The number of nitrogens with two attached hydrogens (primary N) is 1. The molecule has 0 aromatic carbocycles. The number of thiophene rings is 1. The highest BCUT2D eigenvalue weighted by molar-refractivity contribution is 7.80. The lowest BCUT2D eigenvalue weighted by atomic mass is 10.0. The van der Waals surface area contributed by atoms with Gasteiger partial charge in [0.05, 0.1) is 11.4 Å². The Bertz CT molecular complexity index is 403. The van der Waals surface area contributed by atoms with Gasteiger partial charge in [-0.2, -0.15) is 11.3 Å². The zero-order chi connectivity index (χ0) is 12.3. The average molecular weight is 268 g/mol. The van der Waals surface area contributed by atoms with Gasteiger partial charge in [-0.1, -0.05) is 18.6 Å². The monoisotopic (exact) mass is 268 g/mol. The van der Waals surface area contributed by atoms with Gasteiger partial charge in [0.1, 0.15) is 0 Å². The predicted octanol–water partition coefficient (Wildman–Crippen LogP) is 1.86. The Morgan fingerprint density at radius 2 is 2.41 bits per heavy atom. The molecule has 0 saturated heterocycles. The first kappa shape index (κ1) is 12.5. The van der Waals surface area contributed by atoms with Gasteiger partial charge in [0.25, 0.3) is 0 Å². The van der Waals surface area contributed by atoms with Crippen LogP contribution in [0.2, 0.25) is 0 Å². The van der Waals surface area contributed by atoms with E-state index in [2.05, 4.69) is 5.32 Å². The third-order valence-corrected chi connectivity index (χ3v) is 4.21. The van der Waals surface area contributed by atoms with Crippen LogP contribution in [0, 0.1) is 5.92 Å². The minimum absolute atomic E-state index is 0.0663. The second-order valence-electron chi connectivity index (χ2n) is 4.42. The lowest BCUT2D eigenvalue weighted by Gasteiger charge is -2.19. The third kappa shape index (κ3) is 3.26. The minimum atomic E-state index is 0.0663. The summed E-state index contributed by atoms with van der Waals surface area (Å²) in [6.45, 7) is 0. The Morgan fingerprint density at radius 3 is 3.06 bits per heavy atom. The fraction of sp³-hybridized carbons (Fsp3) is 0.500. The molecule has 92 valence electrons. The maximum atomic E-state index is 11.8. The molecule has 1 heterocycles. The normalized spacial score (nSPS) is 23.5. The van der Waals surface area contributed by atoms with E-state index in [4.69, 9.17) is 18.0 Å². The molecule has 0 spiro atoms. The van der Waals surface area contributed by atoms with Crippen LogP contribution in [0.5, 0.6) is 0 Å². The third-order valence-electron chi connectivity index (χ3n) is 3.17. The van der Waals surface area contributed by atoms with Crippen molar-refractivity contribution in [3.05, 3.63) is 22.4 Å². The first-order valence-corrected chi connectivity index (χ1v) is 7.11. The van der Waals surface area contributed by atoms with Gasteiger partial charge >= 0.3 is 0 Å². The number of nitrogens with one attached hydrogen (secondary N) is 1. The topological polar surface area (TPSA) is 55.1 Å². The van der Waals surface area contributed by atoms with Gasteiger partial charge in [0, 0.05) is 12.0 Å². The molecule has 2 rings (SSSR count). The Kier molecular flexibility index (Phi) is 4.12. The summed E-state index contributed by atoms with van der Waals surface area (Å²) < 4.78 is 0. The van der Waals surface area contributed by atoms with E-state index < -0.39 is 0 Å². The van der Waals surface area contributed by atoms with Crippen molar-refractivity contribution in [2.24, 2.45) is 11.7 Å². The summed E-state index contributed by atoms with van der Waals surface area (Å²) in [5, 5.41) is 7.03. The van der Waals surface area contributed by atoms with Crippen molar-refractivity contribution < 1.29 is 4.79 Å². The Balaban J connectivity index is 1.88. The Labute approximate surface area is 110 Å². The van der Waals surface area contributed by atoms with Crippen LogP contribution in [-0.2, 0) is 11.2 Å². The molecule has 2 unspecified atom stereocenters. The van der Waals surface area contributed by atoms with Crippen molar-refractivity contribution >= 4 is 34.5 Å². The molecular weight excluding hydrogens is 252 g/mol. The van der Waals surface area contributed by atoms with Gasteiger partial charge in [-0.05, 0) is 35.2 Å². The zero-order valence-corrected chi connectivity index (χ0v) is 11.2. The molecular formula is C12H16N2OS2. The predicted molar refractivity (Wildman–Crippen MR) is 74.1 cm³/mol. The molecule has 1 aliphatic rings. The van der Waals surface area contributed by atoms with Gasteiger partial charge in [-0.15, -0.1) is 0 Å². The summed E-state index contributed by atoms with van der Waals surface area (Å²) in [6.07, 6.45) is 3.52. The van der Waals surface area contributed by atoms with Crippen molar-refractivity contribution in [3.8, 4) is 0 Å². The SMILES string of the molecule is NC(=S)C1CCCC1NC(=O)Cc1ccsc1. The van der Waals surface area contributed by atoms with E-state index in [0.717, 1.165) is 24.8 Å². The summed E-state index contributed by atoms with van der Waals surface area (Å²) >= 11 is 6.64. The van der Waals surface area contributed by atoms with E-state index in [-0.39, 0.29) is 17.9 Å². The molecule has 0 radical (unpaired) electrons. The van der Waals surface area contributed by atoms with Crippen LogP contribution in [0.25, 0.3) is 0 Å². The largest absolute Gasteiger partial charge is 0.393 e. The van der Waals surface area contributed by atoms with Crippen molar-refractivity contribution in [3.63, 3.8) is 0 Å². The van der Waals surface area contributed by atoms with Crippen LogP contribution in [0.4, 0.5) is 0 Å². The average Bonchev–Trinajstić information content (AvgIpc) is 2.88.